The second kappa shape index (κ2) is 11.4. The Hall–Kier alpha value is -4.22. The topological polar surface area (TPSA) is 158 Å². The molecule has 0 N–H and O–H groups in total. The summed E-state index contributed by atoms with van der Waals surface area (Å²) >= 11 is 0. The lowest BCUT2D eigenvalue weighted by molar-refractivity contribution is -0.141. The van der Waals surface area contributed by atoms with E-state index in [-0.39, 0.29) is 59.1 Å². The van der Waals surface area contributed by atoms with E-state index in [0.717, 1.165) is 42.7 Å². The summed E-state index contributed by atoms with van der Waals surface area (Å²) in [5.41, 5.74) is 0.885. The van der Waals surface area contributed by atoms with Crippen LogP contribution in [0.4, 0.5) is 0 Å². The zero-order chi connectivity index (χ0) is 28.3. The lowest BCUT2D eigenvalue weighted by atomic mass is 9.62. The third-order valence-electron chi connectivity index (χ3n) is 7.06. The highest BCUT2D eigenvalue weighted by Crippen LogP contribution is 2.53. The van der Waals surface area contributed by atoms with E-state index in [2.05, 4.69) is 0 Å². The maximum Gasteiger partial charge on any atom is 0.334 e. The largest absolute Gasteiger partial charge is 0.466 e. The molecular weight excluding hydrogens is 504 g/mol. The summed E-state index contributed by atoms with van der Waals surface area (Å²) in [6, 6.07) is 0. The van der Waals surface area contributed by atoms with Gasteiger partial charge in [0.15, 0.2) is 0 Å². The summed E-state index contributed by atoms with van der Waals surface area (Å²) < 4.78 is 29.5. The van der Waals surface area contributed by atoms with E-state index >= 15 is 0 Å². The van der Waals surface area contributed by atoms with Gasteiger partial charge in [-0.05, 0) is 12.8 Å². The number of hydrogen-bond donors (Lipinski definition) is 0. The molecule has 0 amide bonds. The molecule has 0 radical (unpaired) electrons. The van der Waals surface area contributed by atoms with Crippen LogP contribution in [0.25, 0.3) is 0 Å². The molecule has 0 spiro atoms. The van der Waals surface area contributed by atoms with Gasteiger partial charge in [-0.2, -0.15) is 0 Å². The minimum atomic E-state index is -0.885. The van der Waals surface area contributed by atoms with Crippen LogP contribution in [-0.2, 0) is 57.2 Å². The molecule has 0 saturated heterocycles. The maximum atomic E-state index is 13.1. The average Bonchev–Trinajstić information content (AvgIpc) is 2.96. The molecule has 38 heavy (non-hydrogen) atoms. The Morgan fingerprint density at radius 1 is 0.447 bits per heavy atom. The molecule has 204 valence electrons. The van der Waals surface area contributed by atoms with E-state index < -0.39 is 47.7 Å². The SMILES string of the molecule is COC(=O)C1=C(C(=O)OC)CC2C(=C3CC(C(=O)OC)=C(C(=O)OC)CC3C(C(=O)OC)=C2C(=O)OC)C1. The Bertz CT molecular complexity index is 1150. The smallest absolute Gasteiger partial charge is 0.334 e. The highest BCUT2D eigenvalue weighted by atomic mass is 16.5. The molecular formula is C26H28O12. The van der Waals surface area contributed by atoms with Crippen molar-refractivity contribution < 1.29 is 57.2 Å². The molecule has 0 aromatic rings. The zero-order valence-electron chi connectivity index (χ0n) is 21.9. The summed E-state index contributed by atoms with van der Waals surface area (Å²) in [5.74, 6) is -6.61. The summed E-state index contributed by atoms with van der Waals surface area (Å²) in [5, 5.41) is 0. The summed E-state index contributed by atoms with van der Waals surface area (Å²) in [7, 11) is 6.89. The Morgan fingerprint density at radius 3 is 0.974 bits per heavy atom. The Balaban J connectivity index is 2.41. The van der Waals surface area contributed by atoms with E-state index in [1.54, 1.807) is 0 Å². The van der Waals surface area contributed by atoms with E-state index in [9.17, 15) is 28.8 Å². The summed E-state index contributed by atoms with van der Waals surface area (Å²) in [6.45, 7) is 0. The maximum absolute atomic E-state index is 13.1. The monoisotopic (exact) mass is 532 g/mol. The number of hydrogen-bond acceptors (Lipinski definition) is 12. The highest BCUT2D eigenvalue weighted by Gasteiger charge is 2.49. The molecule has 2 atom stereocenters. The molecule has 3 aliphatic rings. The molecule has 0 fully saturated rings. The van der Waals surface area contributed by atoms with E-state index in [1.807, 2.05) is 0 Å². The molecule has 3 rings (SSSR count). The van der Waals surface area contributed by atoms with Crippen molar-refractivity contribution in [3.8, 4) is 0 Å². The van der Waals surface area contributed by atoms with Crippen molar-refractivity contribution in [2.45, 2.75) is 25.7 Å². The van der Waals surface area contributed by atoms with E-state index in [0.29, 0.717) is 11.1 Å². The van der Waals surface area contributed by atoms with Crippen LogP contribution in [0.15, 0.2) is 44.6 Å². The van der Waals surface area contributed by atoms with Gasteiger partial charge in [-0.25, -0.2) is 28.8 Å². The van der Waals surface area contributed by atoms with Crippen LogP contribution in [0.5, 0.6) is 0 Å². The standard InChI is InChI=1S/C26H28O12/c1-33-21(27)15-7-11-12-8-16(22(28)34-2)18(24(30)36-4)10-14(12)20(26(32)38-6)19(25(31)37-5)13(11)9-17(15)23(29)35-3/h13-14H,7-10H2,1-6H3. The van der Waals surface area contributed by atoms with Crippen molar-refractivity contribution in [1.29, 1.82) is 0 Å². The minimum absolute atomic E-state index is 0.0185. The molecule has 0 heterocycles. The fourth-order valence-electron chi connectivity index (χ4n) is 5.37. The Morgan fingerprint density at radius 2 is 0.711 bits per heavy atom. The third-order valence-corrected chi connectivity index (χ3v) is 7.06. The lowest BCUT2D eigenvalue weighted by Gasteiger charge is -2.41. The lowest BCUT2D eigenvalue weighted by Crippen LogP contribution is -2.38. The number of carbonyl (C=O) groups excluding carboxylic acids is 6. The molecule has 0 bridgehead atoms. The van der Waals surface area contributed by atoms with Crippen molar-refractivity contribution in [2.75, 3.05) is 42.7 Å². The van der Waals surface area contributed by atoms with Crippen LogP contribution in [0, 0.1) is 11.8 Å². The first kappa shape index (κ1) is 28.4. The Kier molecular flexibility index (Phi) is 8.54. The summed E-state index contributed by atoms with van der Waals surface area (Å²) in [4.78, 5) is 76.9. The van der Waals surface area contributed by atoms with Crippen LogP contribution in [0.1, 0.15) is 25.7 Å². The number of methoxy groups -OCH3 is 6. The van der Waals surface area contributed by atoms with Gasteiger partial charge < -0.3 is 28.4 Å². The predicted molar refractivity (Wildman–Crippen MR) is 126 cm³/mol. The minimum Gasteiger partial charge on any atom is -0.466 e. The fourth-order valence-corrected chi connectivity index (χ4v) is 5.37. The first-order valence-electron chi connectivity index (χ1n) is 11.5. The molecule has 0 aliphatic heterocycles. The number of carbonyl (C=O) groups is 6. The second-order valence-electron chi connectivity index (χ2n) is 8.61. The first-order valence-corrected chi connectivity index (χ1v) is 11.5. The van der Waals surface area contributed by atoms with Gasteiger partial charge in [0.2, 0.25) is 0 Å². The molecule has 0 saturated carbocycles. The van der Waals surface area contributed by atoms with Crippen molar-refractivity contribution in [3.63, 3.8) is 0 Å². The van der Waals surface area contributed by atoms with Crippen molar-refractivity contribution in [1.82, 2.24) is 0 Å². The van der Waals surface area contributed by atoms with Gasteiger partial charge in [0, 0.05) is 35.8 Å². The van der Waals surface area contributed by atoms with Gasteiger partial charge in [0.25, 0.3) is 0 Å². The third kappa shape index (κ3) is 4.73. The predicted octanol–water partition coefficient (Wildman–Crippen LogP) is 1.04. The van der Waals surface area contributed by atoms with Crippen molar-refractivity contribution >= 4 is 35.8 Å². The van der Waals surface area contributed by atoms with Gasteiger partial charge in [-0.3, -0.25) is 0 Å². The normalized spacial score (nSPS) is 20.7. The van der Waals surface area contributed by atoms with E-state index in [1.165, 1.54) is 0 Å². The van der Waals surface area contributed by atoms with Crippen molar-refractivity contribution in [2.24, 2.45) is 11.8 Å². The van der Waals surface area contributed by atoms with Gasteiger partial charge in [0.1, 0.15) is 0 Å². The van der Waals surface area contributed by atoms with Crippen LogP contribution >= 0.6 is 0 Å². The highest BCUT2D eigenvalue weighted by molar-refractivity contribution is 6.07. The first-order chi connectivity index (χ1) is 18.1. The van der Waals surface area contributed by atoms with Gasteiger partial charge in [0.05, 0.1) is 65.0 Å². The molecule has 0 aromatic carbocycles. The summed E-state index contributed by atoms with van der Waals surface area (Å²) in [6.07, 6.45) is -0.640. The number of rotatable bonds is 6. The molecule has 12 nitrogen and oxygen atoms in total. The van der Waals surface area contributed by atoms with Crippen LogP contribution in [0.3, 0.4) is 0 Å². The van der Waals surface area contributed by atoms with Gasteiger partial charge in [-0.15, -0.1) is 0 Å². The number of esters is 6. The molecule has 0 aromatic heterocycles. The fraction of sp³-hybridized carbons (Fsp3) is 0.462. The Labute approximate surface area is 218 Å². The van der Waals surface area contributed by atoms with Crippen molar-refractivity contribution in [3.05, 3.63) is 44.6 Å². The van der Waals surface area contributed by atoms with Crippen LogP contribution < -0.4 is 0 Å². The number of ether oxygens (including phenoxy) is 6. The molecule has 3 aliphatic carbocycles. The van der Waals surface area contributed by atoms with Crippen LogP contribution in [-0.4, -0.2) is 78.5 Å². The number of allylic oxidation sites excluding steroid dienone is 2. The van der Waals surface area contributed by atoms with E-state index in [4.69, 9.17) is 28.4 Å². The van der Waals surface area contributed by atoms with Crippen LogP contribution in [0.2, 0.25) is 0 Å². The number of fused-ring (bicyclic) bond motifs is 2. The quantitative estimate of drug-likeness (QED) is 0.272. The zero-order valence-corrected chi connectivity index (χ0v) is 21.9. The molecule has 2 unspecified atom stereocenters. The van der Waals surface area contributed by atoms with Gasteiger partial charge in [-0.1, -0.05) is 11.1 Å². The molecule has 12 heteroatoms. The second-order valence-corrected chi connectivity index (χ2v) is 8.61. The average molecular weight is 532 g/mol. The van der Waals surface area contributed by atoms with Gasteiger partial charge >= 0.3 is 35.8 Å².